The van der Waals surface area contributed by atoms with E-state index in [2.05, 4.69) is 502 Å². The third kappa shape index (κ3) is 11.0. The second-order valence-electron chi connectivity index (χ2n) is 40.1. The molecule has 0 atom stereocenters. The summed E-state index contributed by atoms with van der Waals surface area (Å²) in [5, 5.41) is 36.5. The molecule has 0 radical (unpaired) electrons. The minimum absolute atomic E-state index is 0.705. The Morgan fingerprint density at radius 3 is 1.00 bits per heavy atom. The molecular weight excluding hydrogens is 1830 g/mol. The van der Waals surface area contributed by atoms with Crippen LogP contribution in [0.4, 0.5) is 0 Å². The van der Waals surface area contributed by atoms with Crippen molar-refractivity contribution in [1.82, 2.24) is 56.0 Å². The third-order valence-electron chi connectivity index (χ3n) is 32.6. The predicted octanol–water partition coefficient (Wildman–Crippen LogP) is 35.5. The topological polar surface area (TPSA) is 89.4 Å². The Hall–Kier alpha value is -20.3. The van der Waals surface area contributed by atoms with E-state index in [1.165, 1.54) is 234 Å². The molecule has 0 spiro atoms. The summed E-state index contributed by atoms with van der Waals surface area (Å²) in [4.78, 5) is 20.0. The van der Waals surface area contributed by atoms with Crippen LogP contribution in [0.25, 0.3) is 318 Å². The van der Waals surface area contributed by atoms with Crippen molar-refractivity contribution < 1.29 is 0 Å². The maximum atomic E-state index is 5.49. The van der Waals surface area contributed by atoms with Gasteiger partial charge in [-0.25, -0.2) is 15.0 Å². The lowest BCUT2D eigenvalue weighted by atomic mass is 9.99. The fourth-order valence-electron chi connectivity index (χ4n) is 26.6. The summed E-state index contributed by atoms with van der Waals surface area (Å²) in [6.07, 6.45) is 5.75. The van der Waals surface area contributed by atoms with E-state index in [1.54, 1.807) is 0 Å². The Kier molecular flexibility index (Phi) is 16.6. The molecule has 12 nitrogen and oxygen atoms in total. The van der Waals surface area contributed by atoms with Gasteiger partial charge in [0.1, 0.15) is 11.5 Å². The Bertz CT molecular complexity index is 12100. The summed E-state index contributed by atoms with van der Waals surface area (Å²) in [6, 6.07) is 170. The maximum absolute atomic E-state index is 5.49. The van der Waals surface area contributed by atoms with Gasteiger partial charge in [0.2, 0.25) is 0 Å². The van der Waals surface area contributed by atoms with Crippen LogP contribution in [0.1, 0.15) is 0 Å². The van der Waals surface area contributed by atoms with E-state index in [0.717, 1.165) is 78.1 Å². The van der Waals surface area contributed by atoms with Gasteiger partial charge in [-0.15, -0.1) is 0 Å². The minimum atomic E-state index is 0.705. The normalized spacial score (nSPS) is 12.4. The van der Waals surface area contributed by atoms with E-state index in [4.69, 9.17) is 15.0 Å². The van der Waals surface area contributed by atoms with Crippen LogP contribution in [0.15, 0.2) is 486 Å². The van der Waals surface area contributed by atoms with Crippen molar-refractivity contribution in [3.63, 3.8) is 0 Å². The smallest absolute Gasteiger partial charge is 0.162 e. The number of aromatic nitrogens is 12. The Labute approximate surface area is 853 Å². The maximum Gasteiger partial charge on any atom is 0.162 e. The highest BCUT2D eigenvalue weighted by Crippen LogP contribution is 2.54. The van der Waals surface area contributed by atoms with Crippen LogP contribution in [0.5, 0.6) is 0 Å². The predicted molar refractivity (Wildman–Crippen MR) is 627 cm³/mol. The number of rotatable bonds is 7. The molecule has 0 aliphatic carbocycles. The summed E-state index contributed by atoms with van der Waals surface area (Å²) in [7, 11) is 0. The highest BCUT2D eigenvalue weighted by Gasteiger charge is 2.32. The molecule has 36 aromatic rings. The average Bonchev–Trinajstić information content (AvgIpc) is 1.52. The van der Waals surface area contributed by atoms with Gasteiger partial charge in [-0.05, 0) is 201 Å². The number of hydrogen-bond acceptors (Lipinski definition) is 4. The Balaban J connectivity index is 0.0000000957. The van der Waals surface area contributed by atoms with E-state index in [9.17, 15) is 0 Å². The van der Waals surface area contributed by atoms with Gasteiger partial charge in [-0.3, -0.25) is 14.1 Å². The largest absolute Gasteiger partial charge is 0.309 e. The molecule has 14 heterocycles. The van der Waals surface area contributed by atoms with Gasteiger partial charge in [-0.1, -0.05) is 309 Å². The van der Waals surface area contributed by atoms with E-state index in [0.29, 0.717) is 5.82 Å². The molecular formula is C138H80N12. The second kappa shape index (κ2) is 30.6. The molecule has 150 heavy (non-hydrogen) atoms. The van der Waals surface area contributed by atoms with Gasteiger partial charge in [-0.2, -0.15) is 0 Å². The van der Waals surface area contributed by atoms with Crippen molar-refractivity contribution in [3.8, 4) is 51.1 Å². The molecule has 22 aromatic carbocycles. The molecule has 0 aliphatic heterocycles. The summed E-state index contributed by atoms with van der Waals surface area (Å²) in [5.74, 6) is 1.58. The molecule has 0 amide bonds. The lowest BCUT2D eigenvalue weighted by molar-refractivity contribution is 1.08. The van der Waals surface area contributed by atoms with Gasteiger partial charge in [0.15, 0.2) is 5.82 Å². The van der Waals surface area contributed by atoms with Crippen molar-refractivity contribution in [1.29, 1.82) is 0 Å². The molecule has 0 aliphatic rings. The molecule has 0 unspecified atom stereocenters. The van der Waals surface area contributed by atoms with Crippen LogP contribution in [-0.4, -0.2) is 56.0 Å². The zero-order valence-corrected chi connectivity index (χ0v) is 80.6. The van der Waals surface area contributed by atoms with Crippen molar-refractivity contribution in [2.75, 3.05) is 0 Å². The standard InChI is InChI=1S/C48H28N4.2C45H26N4/c1-2-12-29(13-3-1)30-22-24-32(25-23-30)47-49-38-19-9-6-17-35(38)48(50-47)52-41-27-26-31-14-4-5-15-33(31)43(41)45-42(52)28-37-34-16-7-10-20-39(34)51-40-21-11-8-18-36(40)44(45)46(37)51;1-2-14-30-27(11-1)22-23-39-41(30)43-40(26-35-32-16-4-7-20-37(32)49-38-21-8-5-17-34(38)42(43)44(35)49)47(39)28-12-9-13-29(25-28)48-36-19-6-3-15-31(36)33-18-10-24-46-45(33)48;1-2-10-30-27(9-1)17-22-39-42(30)44-40(25-35-32-12-4-7-15-37(32)49-38-16-8-5-13-34(38)43(44)45(35)49)48(39)29-20-18-28(19-21-29)47-36-14-6-3-11-31(36)33-23-24-46-26-41(33)47/h1-28H;2*1-26H. The summed E-state index contributed by atoms with van der Waals surface area (Å²) < 4.78 is 19.5. The second-order valence-corrected chi connectivity index (χ2v) is 40.1. The van der Waals surface area contributed by atoms with Crippen molar-refractivity contribution in [3.05, 3.63) is 486 Å². The number of benzene rings is 22. The van der Waals surface area contributed by atoms with E-state index in [-0.39, 0.29) is 0 Å². The van der Waals surface area contributed by atoms with E-state index in [1.807, 2.05) is 24.7 Å². The first-order valence-corrected chi connectivity index (χ1v) is 51.4. The molecule has 692 valence electrons. The monoisotopic (exact) mass is 1900 g/mol. The van der Waals surface area contributed by atoms with Crippen molar-refractivity contribution in [2.24, 2.45) is 0 Å². The Morgan fingerprint density at radius 2 is 0.513 bits per heavy atom. The molecule has 36 rings (SSSR count). The quantitative estimate of drug-likeness (QED) is 0.159. The van der Waals surface area contributed by atoms with Gasteiger partial charge in [0, 0.05) is 165 Å². The summed E-state index contributed by atoms with van der Waals surface area (Å²) >= 11 is 0. The lowest BCUT2D eigenvalue weighted by Gasteiger charge is -2.13. The van der Waals surface area contributed by atoms with Crippen LogP contribution in [0.2, 0.25) is 0 Å². The minimum Gasteiger partial charge on any atom is -0.309 e. The highest BCUT2D eigenvalue weighted by molar-refractivity contribution is 6.42. The molecule has 12 heteroatoms. The fourth-order valence-corrected chi connectivity index (χ4v) is 26.6. The number of nitrogens with zero attached hydrogens (tertiary/aromatic N) is 12. The van der Waals surface area contributed by atoms with Crippen LogP contribution in [0.3, 0.4) is 0 Å². The third-order valence-corrected chi connectivity index (χ3v) is 32.6. The molecule has 0 saturated carbocycles. The molecule has 0 N–H and O–H groups in total. The van der Waals surface area contributed by atoms with Crippen LogP contribution < -0.4 is 0 Å². The lowest BCUT2D eigenvalue weighted by Crippen LogP contribution is -2.02. The zero-order chi connectivity index (χ0) is 97.5. The van der Waals surface area contributed by atoms with Crippen molar-refractivity contribution in [2.45, 2.75) is 0 Å². The number of hydrogen-bond donors (Lipinski definition) is 0. The van der Waals surface area contributed by atoms with E-state index >= 15 is 0 Å². The number of pyridine rings is 2. The first-order valence-electron chi connectivity index (χ1n) is 51.4. The number of para-hydroxylation sites is 9. The zero-order valence-electron chi connectivity index (χ0n) is 80.6. The summed E-state index contributed by atoms with van der Waals surface area (Å²) in [6.45, 7) is 0. The molecule has 0 bridgehead atoms. The first-order chi connectivity index (χ1) is 74.5. The molecule has 0 fully saturated rings. The first kappa shape index (κ1) is 81.1. The van der Waals surface area contributed by atoms with Crippen molar-refractivity contribution >= 4 is 267 Å². The average molecular weight is 1910 g/mol. The number of fused-ring (bicyclic) bond motifs is 43. The van der Waals surface area contributed by atoms with Gasteiger partial charge >= 0.3 is 0 Å². The summed E-state index contributed by atoms with van der Waals surface area (Å²) in [5.41, 5.74) is 31.6. The van der Waals surface area contributed by atoms with Gasteiger partial charge in [0.05, 0.1) is 111 Å². The van der Waals surface area contributed by atoms with Crippen LogP contribution in [-0.2, 0) is 0 Å². The van der Waals surface area contributed by atoms with Crippen LogP contribution in [0, 0.1) is 0 Å². The van der Waals surface area contributed by atoms with Crippen LogP contribution >= 0.6 is 0 Å². The molecule has 0 saturated heterocycles. The molecule has 14 aromatic heterocycles. The van der Waals surface area contributed by atoms with Gasteiger partial charge < -0.3 is 26.9 Å². The highest BCUT2D eigenvalue weighted by atomic mass is 15.1. The van der Waals surface area contributed by atoms with Gasteiger partial charge in [0.25, 0.3) is 0 Å². The SMILES string of the molecule is c1cc(-n2c3ccc4ccccc4c3c3c4c5ccccc5n5c6ccccc6c(cc32)c45)cc(-n2c3ccccc3c3cccnc32)c1.c1ccc(-c2ccc(-c3nc(-n4c5ccc6ccccc6c5c5c6c7ccccc7n7c8ccccc8c(cc54)c67)c4ccccc4n3)cc2)cc1.c1ccc2c(c1)ccc1c2c2c3c4ccccc4n4c5ccccc5c(cc2n1-c1ccc(-n2c5ccccc5c5ccncc52)cc1)c34. The van der Waals surface area contributed by atoms with E-state index < -0.39 is 0 Å². The fraction of sp³-hybridized carbons (Fsp3) is 0. The Morgan fingerprint density at radius 1 is 0.167 bits per heavy atom.